The number of hydrogen-bond donors (Lipinski definition) is 0. The highest BCUT2D eigenvalue weighted by Crippen LogP contribution is 2.22. The third-order valence-electron chi connectivity index (χ3n) is 18.9. The van der Waals surface area contributed by atoms with E-state index < -0.39 is 5.97 Å². The standard InChI is InChI=1S/3C14H20O2.2C13H18O2.C11H22O3.2C11H20O3.C9H16O3.C8H16O2/c2*1-10(2)13-7-5-12(6-8-13)9-14(15)16-11(3)4;1-10(2)13-7-5-6-12(8-13)9-14(15)16-11(3)4;1-9(2)11-5-7-12(8-6-11)13(14)15-10(3)4;1-9(2)11-6-5-7-12(8-11)13(14)15-10(3)4;1-9(2)5-7-13-8-6-11(12)14-10(3)4;2*1-8(2)10(12)6-5-7-11(13)14-9(3)4;1-6(2)8(10)5-9(11)12-7(3)4;1-6(2)5-8(9)10-7(3)4/h3*5-8,10-11H,9H2,1-4H3;2*5-10H,1-4H3;9-10H,5-8H2,1-4H3;2*8-9H,5-7H2,1-4H3;6-7H,5H2,1-4H3;6-7H,5H2,1-4H3. The Kier molecular flexibility index (Phi) is 80.1. The molecule has 24 heteroatoms. The second-order valence-corrected chi connectivity index (χ2v) is 40.9. The number of carbonyl (C=O) groups excluding carboxylic acids is 13. The maximum absolute atomic E-state index is 11.6. The first-order chi connectivity index (χ1) is 65.8. The van der Waals surface area contributed by atoms with Gasteiger partial charge in [0.1, 0.15) is 23.8 Å². The molecule has 0 aliphatic carbocycles. The molecule has 5 rings (SSSR count). The molecule has 0 fully saturated rings. The van der Waals surface area contributed by atoms with E-state index in [-0.39, 0.29) is 156 Å². The highest BCUT2D eigenvalue weighted by Gasteiger charge is 2.19. The molecule has 0 heterocycles. The molecular formula is C118H190O24. The van der Waals surface area contributed by atoms with Gasteiger partial charge in [0.2, 0.25) is 0 Å². The minimum Gasteiger partial charge on any atom is -0.463 e. The summed E-state index contributed by atoms with van der Waals surface area (Å²) >= 11 is 0. The van der Waals surface area contributed by atoms with Crippen LogP contribution in [-0.4, -0.2) is 151 Å². The van der Waals surface area contributed by atoms with Crippen molar-refractivity contribution in [3.8, 4) is 0 Å². The van der Waals surface area contributed by atoms with Crippen LogP contribution in [0.2, 0.25) is 0 Å². The second-order valence-electron chi connectivity index (χ2n) is 40.9. The van der Waals surface area contributed by atoms with Gasteiger partial charge in [0.05, 0.1) is 104 Å². The number of carbonyl (C=O) groups is 13. The van der Waals surface area contributed by atoms with Gasteiger partial charge in [0, 0.05) is 56.5 Å². The maximum Gasteiger partial charge on any atom is 0.338 e. The van der Waals surface area contributed by atoms with E-state index in [9.17, 15) is 62.3 Å². The Balaban J connectivity index is -0.000000491. The SMILES string of the molecule is CC(C)CC(=O)OC(C)C.CC(C)CCOCCC(=O)OC(C)C.CC(C)OC(=O)CC(=O)C(C)C.CC(C)OC(=O)CCCC(=O)C(C)C.CC(C)OC(=O)CCCC(=O)C(C)C.CC(C)OC(=O)Cc1ccc(C(C)C)cc1.CC(C)OC(=O)Cc1ccc(C(C)C)cc1.CC(C)OC(=O)Cc1cccc(C(C)C)c1.CC(C)OC(=O)c1ccc(C(C)C)cc1.CC(C)OC(=O)c1cccc(C(C)C)c1. The number of ether oxygens (including phenoxy) is 11. The lowest BCUT2D eigenvalue weighted by molar-refractivity contribution is -0.151. The largest absolute Gasteiger partial charge is 0.463 e. The van der Waals surface area contributed by atoms with Gasteiger partial charge >= 0.3 is 59.7 Å². The third-order valence-corrected chi connectivity index (χ3v) is 18.9. The summed E-state index contributed by atoms with van der Waals surface area (Å²) in [5.41, 5.74) is 10.5. The molecule has 5 aromatic rings. The first kappa shape index (κ1) is 140. The maximum atomic E-state index is 11.6. The summed E-state index contributed by atoms with van der Waals surface area (Å²) in [4.78, 5) is 146. The summed E-state index contributed by atoms with van der Waals surface area (Å²) < 4.78 is 55.4. The molecule has 0 bridgehead atoms. The molecule has 0 N–H and O–H groups in total. The molecule has 0 amide bonds. The van der Waals surface area contributed by atoms with Crippen molar-refractivity contribution in [1.29, 1.82) is 0 Å². The summed E-state index contributed by atoms with van der Waals surface area (Å²) in [6.07, 6.45) is 5.20. The monoisotopic (exact) mass is 1990 g/mol. The molecule has 24 nitrogen and oxygen atoms in total. The highest BCUT2D eigenvalue weighted by atomic mass is 16.6. The molecule has 0 radical (unpaired) electrons. The molecule has 142 heavy (non-hydrogen) atoms. The Morgan fingerprint density at radius 3 is 0.817 bits per heavy atom. The normalized spacial score (nSPS) is 10.8. The fourth-order valence-electron chi connectivity index (χ4n) is 11.3. The summed E-state index contributed by atoms with van der Waals surface area (Å²) in [5.74, 6) is 1.80. The van der Waals surface area contributed by atoms with Crippen LogP contribution in [0, 0.1) is 29.6 Å². The molecule has 0 aliphatic rings. The second kappa shape index (κ2) is 81.1. The molecular weight excluding hydrogens is 1800 g/mol. The zero-order valence-corrected chi connectivity index (χ0v) is 95.0. The lowest BCUT2D eigenvalue weighted by Crippen LogP contribution is -2.18. The van der Waals surface area contributed by atoms with Crippen LogP contribution in [0.3, 0.4) is 0 Å². The molecule has 5 aromatic carbocycles. The molecule has 0 atom stereocenters. The number of rotatable bonds is 44. The smallest absolute Gasteiger partial charge is 0.338 e. The Labute approximate surface area is 857 Å². The van der Waals surface area contributed by atoms with Crippen molar-refractivity contribution in [2.24, 2.45) is 29.6 Å². The van der Waals surface area contributed by atoms with E-state index in [0.717, 1.165) is 35.3 Å². The Hall–Kier alpha value is -10.2. The lowest BCUT2D eigenvalue weighted by atomic mass is 10.00. The summed E-state index contributed by atoms with van der Waals surface area (Å²) in [6.45, 7) is 78.7. The van der Waals surface area contributed by atoms with Gasteiger partial charge in [-0.15, -0.1) is 0 Å². The first-order valence-corrected chi connectivity index (χ1v) is 51.4. The van der Waals surface area contributed by atoms with Crippen molar-refractivity contribution in [2.45, 2.75) is 451 Å². The fraction of sp³-hybridized carbons (Fsp3) is 0.636. The first-order valence-electron chi connectivity index (χ1n) is 51.4. The minimum atomic E-state index is -0.427. The van der Waals surface area contributed by atoms with Crippen LogP contribution in [-0.2, 0) is 124 Å². The summed E-state index contributed by atoms with van der Waals surface area (Å²) in [5, 5.41) is 0. The van der Waals surface area contributed by atoms with Crippen molar-refractivity contribution >= 4 is 77.0 Å². The van der Waals surface area contributed by atoms with Crippen LogP contribution in [0.1, 0.15) is 436 Å². The number of hydrogen-bond acceptors (Lipinski definition) is 24. The predicted octanol–water partition coefficient (Wildman–Crippen LogP) is 27.3. The van der Waals surface area contributed by atoms with Crippen LogP contribution in [0.25, 0.3) is 0 Å². The fourth-order valence-corrected chi connectivity index (χ4v) is 11.3. The Morgan fingerprint density at radius 1 is 0.225 bits per heavy atom. The van der Waals surface area contributed by atoms with E-state index in [0.29, 0.717) is 130 Å². The average molecular weight is 1990 g/mol. The number of esters is 10. The van der Waals surface area contributed by atoms with Crippen LogP contribution < -0.4 is 0 Å². The zero-order valence-electron chi connectivity index (χ0n) is 95.0. The van der Waals surface area contributed by atoms with Gasteiger partial charge in [0.15, 0.2) is 0 Å². The number of benzene rings is 5. The van der Waals surface area contributed by atoms with Crippen LogP contribution >= 0.6 is 0 Å². The summed E-state index contributed by atoms with van der Waals surface area (Å²) in [6, 6.07) is 39.6. The van der Waals surface area contributed by atoms with Crippen molar-refractivity contribution < 1.29 is 114 Å². The zero-order chi connectivity index (χ0) is 110. The highest BCUT2D eigenvalue weighted by molar-refractivity contribution is 5.96. The number of ketones is 3. The minimum absolute atomic E-state index is 0.0197. The van der Waals surface area contributed by atoms with Crippen LogP contribution in [0.5, 0.6) is 0 Å². The van der Waals surface area contributed by atoms with Gasteiger partial charge in [-0.2, -0.15) is 0 Å². The molecule has 0 aromatic heterocycles. The van der Waals surface area contributed by atoms with E-state index in [2.05, 4.69) is 119 Å². The van der Waals surface area contributed by atoms with Crippen molar-refractivity contribution in [3.63, 3.8) is 0 Å². The average Bonchev–Trinajstić information content (AvgIpc) is 0.885. The van der Waals surface area contributed by atoms with Gasteiger partial charge < -0.3 is 52.1 Å². The summed E-state index contributed by atoms with van der Waals surface area (Å²) in [7, 11) is 0. The van der Waals surface area contributed by atoms with E-state index in [4.69, 9.17) is 52.1 Å². The van der Waals surface area contributed by atoms with E-state index in [1.54, 1.807) is 33.8 Å². The molecule has 0 saturated carbocycles. The molecule has 0 unspecified atom stereocenters. The predicted molar refractivity (Wildman–Crippen MR) is 571 cm³/mol. The molecule has 0 aliphatic heterocycles. The molecule has 0 spiro atoms. The van der Waals surface area contributed by atoms with Gasteiger partial charge in [0.25, 0.3) is 0 Å². The number of Topliss-reactive ketones (excluding diaryl/α,β-unsaturated/α-hetero) is 3. The van der Waals surface area contributed by atoms with Crippen LogP contribution in [0.15, 0.2) is 121 Å². The topological polar surface area (TPSA) is 323 Å². The van der Waals surface area contributed by atoms with Gasteiger partial charge in [-0.05, 0) is 268 Å². The Bertz CT molecular complexity index is 4160. The molecule has 806 valence electrons. The van der Waals surface area contributed by atoms with Gasteiger partial charge in [-0.1, -0.05) is 236 Å². The van der Waals surface area contributed by atoms with Crippen molar-refractivity contribution in [1.82, 2.24) is 0 Å². The van der Waals surface area contributed by atoms with Crippen LogP contribution in [0.4, 0.5) is 0 Å². The quantitative estimate of drug-likeness (QED) is 0.0151. The van der Waals surface area contributed by atoms with Gasteiger partial charge in [-0.3, -0.25) is 52.7 Å². The third kappa shape index (κ3) is 84.3. The van der Waals surface area contributed by atoms with E-state index in [1.165, 1.54) is 22.3 Å². The van der Waals surface area contributed by atoms with Crippen molar-refractivity contribution in [2.75, 3.05) is 13.2 Å². The van der Waals surface area contributed by atoms with E-state index >= 15 is 0 Å². The molecule has 0 saturated heterocycles. The van der Waals surface area contributed by atoms with Crippen molar-refractivity contribution in [3.05, 3.63) is 177 Å². The lowest BCUT2D eigenvalue weighted by Gasteiger charge is -2.10. The van der Waals surface area contributed by atoms with Gasteiger partial charge in [-0.25, -0.2) is 9.59 Å². The Morgan fingerprint density at radius 2 is 0.507 bits per heavy atom. The van der Waals surface area contributed by atoms with E-state index in [1.807, 2.05) is 245 Å².